The molecule has 20 heavy (non-hydrogen) atoms. The zero-order chi connectivity index (χ0) is 14.2. The van der Waals surface area contributed by atoms with Crippen LogP contribution in [0.1, 0.15) is 31.1 Å². The Hall–Kier alpha value is -0.520. The summed E-state index contributed by atoms with van der Waals surface area (Å²) in [6.07, 6.45) is 3.55. The molecule has 3 nitrogen and oxygen atoms in total. The molecular formula is C15H23NO2S2. The summed E-state index contributed by atoms with van der Waals surface area (Å²) in [6.45, 7) is 4.45. The lowest BCUT2D eigenvalue weighted by Gasteiger charge is -2.25. The molecule has 0 aliphatic carbocycles. The van der Waals surface area contributed by atoms with E-state index in [-0.39, 0.29) is 12.0 Å². The van der Waals surface area contributed by atoms with Crippen molar-refractivity contribution in [2.75, 3.05) is 24.7 Å². The van der Waals surface area contributed by atoms with E-state index in [1.807, 2.05) is 11.0 Å². The molecule has 112 valence electrons. The number of thioether (sulfide) groups is 1. The molecule has 1 unspecified atom stereocenters. The van der Waals surface area contributed by atoms with Crippen molar-refractivity contribution in [3.8, 4) is 0 Å². The minimum absolute atomic E-state index is 0.232. The molecule has 1 amide bonds. The molecule has 1 aliphatic heterocycles. The van der Waals surface area contributed by atoms with Crippen LogP contribution in [0.15, 0.2) is 17.5 Å². The van der Waals surface area contributed by atoms with Crippen LogP contribution in [0.4, 0.5) is 0 Å². The Morgan fingerprint density at radius 1 is 1.60 bits per heavy atom. The molecule has 1 atom stereocenters. The maximum atomic E-state index is 12.4. The molecule has 1 aliphatic rings. The first-order valence-corrected chi connectivity index (χ1v) is 9.32. The standard InChI is InChI=1S/C15H23NO2S2/c1-2-8-19-12-15(17)16(10-13-5-3-7-18-13)11-14-6-4-9-20-14/h4,6,9,13H,2-3,5,7-8,10-12H2,1H3. The average Bonchev–Trinajstić information content (AvgIpc) is 3.11. The zero-order valence-electron chi connectivity index (χ0n) is 12.0. The highest BCUT2D eigenvalue weighted by Crippen LogP contribution is 2.18. The summed E-state index contributed by atoms with van der Waals surface area (Å²) in [7, 11) is 0. The molecule has 2 heterocycles. The fourth-order valence-corrected chi connectivity index (χ4v) is 3.78. The van der Waals surface area contributed by atoms with Gasteiger partial charge in [-0.05, 0) is 36.5 Å². The Morgan fingerprint density at radius 3 is 3.15 bits per heavy atom. The summed E-state index contributed by atoms with van der Waals surface area (Å²) in [5, 5.41) is 2.07. The van der Waals surface area contributed by atoms with Gasteiger partial charge in [0.05, 0.1) is 18.4 Å². The number of hydrogen-bond donors (Lipinski definition) is 0. The lowest BCUT2D eigenvalue weighted by molar-refractivity contribution is -0.130. The first kappa shape index (κ1) is 15.9. The van der Waals surface area contributed by atoms with Gasteiger partial charge in [-0.1, -0.05) is 13.0 Å². The fourth-order valence-electron chi connectivity index (χ4n) is 2.27. The van der Waals surface area contributed by atoms with Crippen molar-refractivity contribution in [1.29, 1.82) is 0 Å². The Bertz CT molecular complexity index is 389. The van der Waals surface area contributed by atoms with Crippen LogP contribution in [-0.4, -0.2) is 41.6 Å². The third kappa shape index (κ3) is 5.11. The lowest BCUT2D eigenvalue weighted by Crippen LogP contribution is -2.37. The molecule has 0 radical (unpaired) electrons. The molecule has 0 bridgehead atoms. The second-order valence-corrected chi connectivity index (χ2v) is 7.18. The van der Waals surface area contributed by atoms with E-state index >= 15 is 0 Å². The Morgan fingerprint density at radius 2 is 2.50 bits per heavy atom. The van der Waals surface area contributed by atoms with Gasteiger partial charge in [0.2, 0.25) is 5.91 Å². The van der Waals surface area contributed by atoms with E-state index in [1.54, 1.807) is 23.1 Å². The monoisotopic (exact) mass is 313 g/mol. The number of nitrogens with zero attached hydrogens (tertiary/aromatic N) is 1. The first-order chi connectivity index (χ1) is 9.79. The van der Waals surface area contributed by atoms with E-state index in [0.29, 0.717) is 5.75 Å². The normalized spacial score (nSPS) is 18.4. The van der Waals surface area contributed by atoms with Gasteiger partial charge in [-0.2, -0.15) is 11.8 Å². The van der Waals surface area contributed by atoms with Crippen LogP contribution in [0.3, 0.4) is 0 Å². The van der Waals surface area contributed by atoms with Gasteiger partial charge in [-0.25, -0.2) is 0 Å². The van der Waals surface area contributed by atoms with Gasteiger partial charge in [0, 0.05) is 18.0 Å². The number of carbonyl (C=O) groups is 1. The summed E-state index contributed by atoms with van der Waals surface area (Å²) in [4.78, 5) is 15.6. The molecule has 5 heteroatoms. The highest BCUT2D eigenvalue weighted by molar-refractivity contribution is 7.99. The molecule has 0 N–H and O–H groups in total. The maximum Gasteiger partial charge on any atom is 0.232 e. The van der Waals surface area contributed by atoms with Crippen LogP contribution < -0.4 is 0 Å². The first-order valence-electron chi connectivity index (χ1n) is 7.29. The summed E-state index contributed by atoms with van der Waals surface area (Å²) in [5.74, 6) is 1.89. The molecule has 0 spiro atoms. The highest BCUT2D eigenvalue weighted by atomic mass is 32.2. The van der Waals surface area contributed by atoms with Gasteiger partial charge >= 0.3 is 0 Å². The summed E-state index contributed by atoms with van der Waals surface area (Å²) >= 11 is 3.44. The van der Waals surface area contributed by atoms with Gasteiger partial charge in [-0.15, -0.1) is 11.3 Å². The SMILES string of the molecule is CCCSCC(=O)N(Cc1cccs1)CC1CCCO1. The molecule has 0 saturated carbocycles. The molecule has 1 saturated heterocycles. The smallest absolute Gasteiger partial charge is 0.232 e. The van der Waals surface area contributed by atoms with E-state index < -0.39 is 0 Å². The Kier molecular flexibility index (Phi) is 6.90. The lowest BCUT2D eigenvalue weighted by atomic mass is 10.2. The number of ether oxygens (including phenoxy) is 1. The van der Waals surface area contributed by atoms with Crippen LogP contribution >= 0.6 is 23.1 Å². The van der Waals surface area contributed by atoms with Gasteiger partial charge in [-0.3, -0.25) is 4.79 Å². The van der Waals surface area contributed by atoms with Crippen molar-refractivity contribution in [1.82, 2.24) is 4.90 Å². The maximum absolute atomic E-state index is 12.4. The van der Waals surface area contributed by atoms with Crippen molar-refractivity contribution in [3.63, 3.8) is 0 Å². The largest absolute Gasteiger partial charge is 0.376 e. The minimum Gasteiger partial charge on any atom is -0.376 e. The molecule has 0 aromatic carbocycles. The van der Waals surface area contributed by atoms with E-state index in [1.165, 1.54) is 4.88 Å². The van der Waals surface area contributed by atoms with E-state index in [0.717, 1.165) is 44.7 Å². The predicted molar refractivity (Wildman–Crippen MR) is 86.3 cm³/mol. The predicted octanol–water partition coefficient (Wildman–Crippen LogP) is 3.40. The summed E-state index contributed by atoms with van der Waals surface area (Å²) < 4.78 is 5.68. The van der Waals surface area contributed by atoms with Crippen molar-refractivity contribution in [3.05, 3.63) is 22.4 Å². The Balaban J connectivity index is 1.89. The van der Waals surface area contributed by atoms with Crippen molar-refractivity contribution >= 4 is 29.0 Å². The number of thiophene rings is 1. The number of hydrogen-bond acceptors (Lipinski definition) is 4. The average molecular weight is 313 g/mol. The zero-order valence-corrected chi connectivity index (χ0v) is 13.7. The molecule has 2 rings (SSSR count). The highest BCUT2D eigenvalue weighted by Gasteiger charge is 2.22. The van der Waals surface area contributed by atoms with Crippen LogP contribution in [0.2, 0.25) is 0 Å². The number of amides is 1. The van der Waals surface area contributed by atoms with Crippen LogP contribution in [-0.2, 0) is 16.1 Å². The molecule has 1 fully saturated rings. The van der Waals surface area contributed by atoms with E-state index in [2.05, 4.69) is 18.4 Å². The minimum atomic E-state index is 0.232. The van der Waals surface area contributed by atoms with Gasteiger partial charge in [0.15, 0.2) is 0 Å². The quantitative estimate of drug-likeness (QED) is 0.689. The summed E-state index contributed by atoms with van der Waals surface area (Å²) in [5.41, 5.74) is 0. The topological polar surface area (TPSA) is 29.5 Å². The van der Waals surface area contributed by atoms with E-state index in [4.69, 9.17) is 4.74 Å². The van der Waals surface area contributed by atoms with E-state index in [9.17, 15) is 4.79 Å². The third-order valence-corrected chi connectivity index (χ3v) is 5.31. The number of carbonyl (C=O) groups excluding carboxylic acids is 1. The van der Waals surface area contributed by atoms with Gasteiger partial charge in [0.25, 0.3) is 0 Å². The van der Waals surface area contributed by atoms with Gasteiger partial charge < -0.3 is 9.64 Å². The van der Waals surface area contributed by atoms with Crippen molar-refractivity contribution < 1.29 is 9.53 Å². The Labute approximate surface area is 129 Å². The summed E-state index contributed by atoms with van der Waals surface area (Å²) in [6, 6.07) is 4.14. The van der Waals surface area contributed by atoms with Crippen LogP contribution in [0.25, 0.3) is 0 Å². The second kappa shape index (κ2) is 8.70. The second-order valence-electron chi connectivity index (χ2n) is 5.04. The number of rotatable bonds is 8. The fraction of sp³-hybridized carbons (Fsp3) is 0.667. The van der Waals surface area contributed by atoms with Gasteiger partial charge in [0.1, 0.15) is 0 Å². The van der Waals surface area contributed by atoms with Crippen LogP contribution in [0, 0.1) is 0 Å². The van der Waals surface area contributed by atoms with Crippen LogP contribution in [0.5, 0.6) is 0 Å². The van der Waals surface area contributed by atoms with Crippen molar-refractivity contribution in [2.45, 2.75) is 38.8 Å². The molecule has 1 aromatic rings. The van der Waals surface area contributed by atoms with Crippen molar-refractivity contribution in [2.24, 2.45) is 0 Å². The third-order valence-electron chi connectivity index (χ3n) is 3.30. The molecular weight excluding hydrogens is 290 g/mol. The molecule has 1 aromatic heterocycles.